The van der Waals surface area contributed by atoms with Crippen LogP contribution in [0.15, 0.2) is 18.2 Å². The molecular weight excluding hydrogens is 314 g/mol. The highest BCUT2D eigenvalue weighted by atomic mass is 16.5. The molecule has 8 heteroatoms. The number of esters is 1. The van der Waals surface area contributed by atoms with Crippen LogP contribution in [-0.4, -0.2) is 37.0 Å². The number of anilines is 1. The third-order valence-electron chi connectivity index (χ3n) is 2.95. The molecule has 0 saturated carbocycles. The smallest absolute Gasteiger partial charge is 0.325 e. The lowest BCUT2D eigenvalue weighted by molar-refractivity contribution is -0.148. The molecule has 0 radical (unpaired) electrons. The molecule has 4 amide bonds. The lowest BCUT2D eigenvalue weighted by atomic mass is 10.1. The SMILES string of the molecule is CC(=O)NCCC(=O)OCC(=O)NC(=O)Nc1ccc(C)cc1C. The van der Waals surface area contributed by atoms with Gasteiger partial charge in [0, 0.05) is 19.2 Å². The van der Waals surface area contributed by atoms with E-state index in [2.05, 4.69) is 16.0 Å². The third-order valence-corrected chi connectivity index (χ3v) is 2.95. The lowest BCUT2D eigenvalue weighted by Gasteiger charge is -2.10. The summed E-state index contributed by atoms with van der Waals surface area (Å²) in [7, 11) is 0. The maximum absolute atomic E-state index is 11.7. The summed E-state index contributed by atoms with van der Waals surface area (Å²) < 4.78 is 4.69. The summed E-state index contributed by atoms with van der Waals surface area (Å²) in [5.41, 5.74) is 2.50. The molecule has 0 fully saturated rings. The van der Waals surface area contributed by atoms with E-state index in [1.165, 1.54) is 6.92 Å². The van der Waals surface area contributed by atoms with Crippen LogP contribution < -0.4 is 16.0 Å². The highest BCUT2D eigenvalue weighted by Gasteiger charge is 2.12. The number of carbonyl (C=O) groups excluding carboxylic acids is 4. The molecule has 0 saturated heterocycles. The molecule has 0 heterocycles. The van der Waals surface area contributed by atoms with Gasteiger partial charge in [-0.2, -0.15) is 0 Å². The zero-order valence-corrected chi connectivity index (χ0v) is 13.9. The van der Waals surface area contributed by atoms with Crippen molar-refractivity contribution in [1.82, 2.24) is 10.6 Å². The predicted octanol–water partition coefficient (Wildman–Crippen LogP) is 1.02. The van der Waals surface area contributed by atoms with Crippen LogP contribution in [0.3, 0.4) is 0 Å². The summed E-state index contributed by atoms with van der Waals surface area (Å²) in [4.78, 5) is 45.2. The van der Waals surface area contributed by atoms with Crippen LogP contribution in [0.4, 0.5) is 10.5 Å². The van der Waals surface area contributed by atoms with E-state index in [9.17, 15) is 19.2 Å². The maximum atomic E-state index is 11.7. The number of ether oxygens (including phenoxy) is 1. The Labute approximate surface area is 139 Å². The second-order valence-corrected chi connectivity index (χ2v) is 5.21. The molecule has 1 aromatic carbocycles. The molecule has 0 atom stereocenters. The number of carbonyl (C=O) groups is 4. The highest BCUT2D eigenvalue weighted by molar-refractivity contribution is 6.02. The van der Waals surface area contributed by atoms with Crippen molar-refractivity contribution in [1.29, 1.82) is 0 Å². The fraction of sp³-hybridized carbons (Fsp3) is 0.375. The van der Waals surface area contributed by atoms with Crippen molar-refractivity contribution in [2.75, 3.05) is 18.5 Å². The molecule has 3 N–H and O–H groups in total. The third kappa shape index (κ3) is 7.39. The first-order valence-electron chi connectivity index (χ1n) is 7.36. The Bertz CT molecular complexity index is 643. The molecule has 0 unspecified atom stereocenters. The Hall–Kier alpha value is -2.90. The van der Waals surface area contributed by atoms with Gasteiger partial charge in [-0.1, -0.05) is 17.7 Å². The number of benzene rings is 1. The van der Waals surface area contributed by atoms with E-state index in [-0.39, 0.29) is 18.9 Å². The van der Waals surface area contributed by atoms with E-state index in [0.29, 0.717) is 5.69 Å². The second kappa shape index (κ2) is 9.29. The summed E-state index contributed by atoms with van der Waals surface area (Å²) >= 11 is 0. The molecule has 8 nitrogen and oxygen atoms in total. The van der Waals surface area contributed by atoms with Crippen LogP contribution in [0.5, 0.6) is 0 Å². The van der Waals surface area contributed by atoms with Gasteiger partial charge in [0.25, 0.3) is 5.91 Å². The topological polar surface area (TPSA) is 114 Å². The first-order valence-corrected chi connectivity index (χ1v) is 7.36. The van der Waals surface area contributed by atoms with Gasteiger partial charge in [0.05, 0.1) is 6.42 Å². The van der Waals surface area contributed by atoms with Gasteiger partial charge in [0.2, 0.25) is 5.91 Å². The Morgan fingerprint density at radius 3 is 2.46 bits per heavy atom. The number of aryl methyl sites for hydroxylation is 2. The van der Waals surface area contributed by atoms with Gasteiger partial charge >= 0.3 is 12.0 Å². The first kappa shape index (κ1) is 19.1. The van der Waals surface area contributed by atoms with E-state index in [4.69, 9.17) is 4.74 Å². The minimum Gasteiger partial charge on any atom is -0.456 e. The molecule has 0 aliphatic rings. The van der Waals surface area contributed by atoms with Crippen LogP contribution in [0, 0.1) is 13.8 Å². The quantitative estimate of drug-likeness (QED) is 0.672. The van der Waals surface area contributed by atoms with E-state index in [0.717, 1.165) is 11.1 Å². The Morgan fingerprint density at radius 2 is 1.83 bits per heavy atom. The Kier molecular flexibility index (Phi) is 7.41. The van der Waals surface area contributed by atoms with Crippen molar-refractivity contribution in [2.24, 2.45) is 0 Å². The van der Waals surface area contributed by atoms with Crippen LogP contribution in [0.25, 0.3) is 0 Å². The number of rotatable bonds is 6. The number of hydrogen-bond donors (Lipinski definition) is 3. The molecule has 130 valence electrons. The van der Waals surface area contributed by atoms with Crippen molar-refractivity contribution in [2.45, 2.75) is 27.2 Å². The van der Waals surface area contributed by atoms with Crippen LogP contribution in [-0.2, 0) is 19.1 Å². The first-order chi connectivity index (χ1) is 11.3. The molecule has 24 heavy (non-hydrogen) atoms. The van der Waals surface area contributed by atoms with Crippen molar-refractivity contribution >= 4 is 29.5 Å². The van der Waals surface area contributed by atoms with Gasteiger partial charge in [-0.25, -0.2) is 4.79 Å². The van der Waals surface area contributed by atoms with E-state index < -0.39 is 24.5 Å². The van der Waals surface area contributed by atoms with Crippen LogP contribution in [0.2, 0.25) is 0 Å². The van der Waals surface area contributed by atoms with E-state index in [1.807, 2.05) is 26.0 Å². The molecule has 0 spiro atoms. The Balaban J connectivity index is 2.32. The molecule has 1 aromatic rings. The molecule has 0 aliphatic heterocycles. The van der Waals surface area contributed by atoms with Gasteiger partial charge in [-0.15, -0.1) is 0 Å². The molecule has 0 aliphatic carbocycles. The second-order valence-electron chi connectivity index (χ2n) is 5.21. The van der Waals surface area contributed by atoms with Crippen LogP contribution >= 0.6 is 0 Å². The molecular formula is C16H21N3O5. The van der Waals surface area contributed by atoms with Crippen LogP contribution in [0.1, 0.15) is 24.5 Å². The average molecular weight is 335 g/mol. The number of imide groups is 1. The standard InChI is InChI=1S/C16H21N3O5/c1-10-4-5-13(11(2)8-10)18-16(23)19-14(21)9-24-15(22)6-7-17-12(3)20/h4-5,8H,6-7,9H2,1-3H3,(H,17,20)(H2,18,19,21,23). The number of amides is 4. The summed E-state index contributed by atoms with van der Waals surface area (Å²) in [6, 6.07) is 4.76. The molecule has 1 rings (SSSR count). The number of hydrogen-bond acceptors (Lipinski definition) is 5. The largest absolute Gasteiger partial charge is 0.456 e. The number of urea groups is 1. The lowest BCUT2D eigenvalue weighted by Crippen LogP contribution is -2.37. The summed E-state index contributed by atoms with van der Waals surface area (Å²) in [6.45, 7) is 4.65. The van der Waals surface area contributed by atoms with Gasteiger partial charge in [0.15, 0.2) is 6.61 Å². The van der Waals surface area contributed by atoms with Crippen molar-refractivity contribution in [3.05, 3.63) is 29.3 Å². The Morgan fingerprint density at radius 1 is 1.12 bits per heavy atom. The zero-order valence-electron chi connectivity index (χ0n) is 13.9. The predicted molar refractivity (Wildman–Crippen MR) is 87.3 cm³/mol. The minimum atomic E-state index is -0.745. The van der Waals surface area contributed by atoms with E-state index in [1.54, 1.807) is 6.07 Å². The van der Waals surface area contributed by atoms with Crippen molar-refractivity contribution in [3.63, 3.8) is 0 Å². The van der Waals surface area contributed by atoms with Gasteiger partial charge in [0.1, 0.15) is 0 Å². The fourth-order valence-electron chi connectivity index (χ4n) is 1.83. The van der Waals surface area contributed by atoms with Crippen molar-refractivity contribution < 1.29 is 23.9 Å². The highest BCUT2D eigenvalue weighted by Crippen LogP contribution is 2.15. The monoisotopic (exact) mass is 335 g/mol. The van der Waals surface area contributed by atoms with Gasteiger partial charge in [-0.05, 0) is 25.5 Å². The molecule has 0 aromatic heterocycles. The normalized spacial score (nSPS) is 9.79. The van der Waals surface area contributed by atoms with Crippen molar-refractivity contribution in [3.8, 4) is 0 Å². The van der Waals surface area contributed by atoms with Gasteiger partial charge in [-0.3, -0.25) is 19.7 Å². The maximum Gasteiger partial charge on any atom is 0.325 e. The average Bonchev–Trinajstić information content (AvgIpc) is 2.47. The number of nitrogens with one attached hydrogen (secondary N) is 3. The fourth-order valence-corrected chi connectivity index (χ4v) is 1.83. The minimum absolute atomic E-state index is 0.0540. The molecule has 0 bridgehead atoms. The van der Waals surface area contributed by atoms with E-state index >= 15 is 0 Å². The summed E-state index contributed by atoms with van der Waals surface area (Å²) in [5.74, 6) is -1.65. The zero-order chi connectivity index (χ0) is 18.1. The summed E-state index contributed by atoms with van der Waals surface area (Å²) in [6.07, 6.45) is -0.0540. The summed E-state index contributed by atoms with van der Waals surface area (Å²) in [5, 5.41) is 7.04. The van der Waals surface area contributed by atoms with Gasteiger partial charge < -0.3 is 15.4 Å².